The van der Waals surface area contributed by atoms with E-state index in [-0.39, 0.29) is 18.1 Å². The van der Waals surface area contributed by atoms with E-state index in [2.05, 4.69) is 15.3 Å². The molecule has 3 heterocycles. The van der Waals surface area contributed by atoms with Gasteiger partial charge in [-0.3, -0.25) is 9.78 Å². The second-order valence-corrected chi connectivity index (χ2v) is 6.88. The molecule has 2 unspecified atom stereocenters. The largest absolute Gasteiger partial charge is 0.375 e. The number of piperazine rings is 1. The minimum absolute atomic E-state index is 0.00949. The second kappa shape index (κ2) is 7.38. The molecule has 1 N–H and O–H groups in total. The molecule has 0 saturated carbocycles. The number of aryl methyl sites for hydroxylation is 1. The van der Waals surface area contributed by atoms with Crippen LogP contribution in [0.2, 0.25) is 0 Å². The van der Waals surface area contributed by atoms with E-state index in [1.807, 2.05) is 37.1 Å². The van der Waals surface area contributed by atoms with Crippen molar-refractivity contribution in [1.82, 2.24) is 20.2 Å². The normalized spacial score (nSPS) is 19.3. The van der Waals surface area contributed by atoms with Gasteiger partial charge in [0.15, 0.2) is 0 Å². The molecule has 3 rings (SSSR count). The van der Waals surface area contributed by atoms with Gasteiger partial charge >= 0.3 is 0 Å². The summed E-state index contributed by atoms with van der Waals surface area (Å²) in [7, 11) is 1.65. The number of nitrogens with zero attached hydrogens (tertiary/aromatic N) is 3. The van der Waals surface area contributed by atoms with Crippen LogP contribution in [-0.2, 0) is 4.74 Å². The molecule has 2 aromatic heterocycles. The number of methoxy groups -OCH3 is 1. The van der Waals surface area contributed by atoms with Gasteiger partial charge in [0.05, 0.1) is 11.7 Å². The maximum absolute atomic E-state index is 13.1. The Morgan fingerprint density at radius 3 is 3.08 bits per heavy atom. The first kappa shape index (κ1) is 17.0. The topological polar surface area (TPSA) is 67.3 Å². The van der Waals surface area contributed by atoms with E-state index in [1.165, 1.54) is 11.3 Å². The van der Waals surface area contributed by atoms with Crippen LogP contribution in [0, 0.1) is 6.92 Å². The number of hydrogen-bond acceptors (Lipinski definition) is 6. The first-order valence-electron chi connectivity index (χ1n) is 8.03. The Morgan fingerprint density at radius 2 is 2.38 bits per heavy atom. The lowest BCUT2D eigenvalue weighted by Gasteiger charge is -2.36. The highest BCUT2D eigenvalue weighted by Crippen LogP contribution is 2.30. The predicted octanol–water partition coefficient (Wildman–Crippen LogP) is 2.34. The van der Waals surface area contributed by atoms with Crippen molar-refractivity contribution in [2.45, 2.75) is 26.0 Å². The van der Waals surface area contributed by atoms with Gasteiger partial charge in [0.1, 0.15) is 16.0 Å². The highest BCUT2D eigenvalue weighted by atomic mass is 32.1. The Balaban J connectivity index is 1.88. The number of hydrogen-bond donors (Lipinski definition) is 1. The predicted molar refractivity (Wildman–Crippen MR) is 93.2 cm³/mol. The van der Waals surface area contributed by atoms with E-state index in [0.29, 0.717) is 11.4 Å². The Labute approximate surface area is 145 Å². The third-order valence-corrected chi connectivity index (χ3v) is 5.59. The van der Waals surface area contributed by atoms with Crippen LogP contribution in [0.25, 0.3) is 0 Å². The van der Waals surface area contributed by atoms with Crippen molar-refractivity contribution in [2.75, 3.05) is 26.7 Å². The van der Waals surface area contributed by atoms with Gasteiger partial charge < -0.3 is 15.0 Å². The van der Waals surface area contributed by atoms with Gasteiger partial charge in [-0.2, -0.15) is 0 Å². The fourth-order valence-electron chi connectivity index (χ4n) is 2.84. The monoisotopic (exact) mass is 346 g/mol. The number of carbonyl (C=O) groups is 1. The fourth-order valence-corrected chi connectivity index (χ4v) is 3.89. The number of carbonyl (C=O) groups excluding carboxylic acids is 1. The van der Waals surface area contributed by atoms with Gasteiger partial charge in [0.2, 0.25) is 0 Å². The van der Waals surface area contributed by atoms with Crippen LogP contribution in [0.15, 0.2) is 24.5 Å². The maximum atomic E-state index is 13.1. The Kier molecular flexibility index (Phi) is 5.23. The van der Waals surface area contributed by atoms with E-state index >= 15 is 0 Å². The molecule has 128 valence electrons. The molecule has 2 aromatic rings. The molecule has 6 nitrogen and oxygen atoms in total. The molecule has 1 aliphatic heterocycles. The lowest BCUT2D eigenvalue weighted by molar-refractivity contribution is 0.0638. The standard InChI is InChI=1S/C17H22N4O2S/c1-11-15(24-16(20-11)12(2)23-3)17(22)21-8-7-19-10-14(21)13-5-4-6-18-9-13/h4-6,9,12,14,19H,7-8,10H2,1-3H3. The Hall–Kier alpha value is -1.83. The third kappa shape index (κ3) is 3.33. The molecule has 2 atom stereocenters. The van der Waals surface area contributed by atoms with Crippen LogP contribution >= 0.6 is 11.3 Å². The quantitative estimate of drug-likeness (QED) is 0.920. The number of amides is 1. The van der Waals surface area contributed by atoms with Crippen LogP contribution in [0.5, 0.6) is 0 Å². The van der Waals surface area contributed by atoms with Crippen molar-refractivity contribution >= 4 is 17.2 Å². The van der Waals surface area contributed by atoms with Crippen LogP contribution in [0.4, 0.5) is 0 Å². The molecular weight excluding hydrogens is 324 g/mol. The van der Waals surface area contributed by atoms with Crippen LogP contribution in [0.1, 0.15) is 45.0 Å². The number of aromatic nitrogens is 2. The lowest BCUT2D eigenvalue weighted by atomic mass is 10.0. The van der Waals surface area contributed by atoms with E-state index in [4.69, 9.17) is 4.74 Å². The number of ether oxygens (including phenoxy) is 1. The Morgan fingerprint density at radius 1 is 1.54 bits per heavy atom. The summed E-state index contributed by atoms with van der Waals surface area (Å²) in [4.78, 5) is 24.5. The summed E-state index contributed by atoms with van der Waals surface area (Å²) in [6.45, 7) is 6.02. The average Bonchev–Trinajstić information content (AvgIpc) is 3.03. The molecule has 7 heteroatoms. The van der Waals surface area contributed by atoms with Crippen molar-refractivity contribution in [2.24, 2.45) is 0 Å². The van der Waals surface area contributed by atoms with E-state index in [9.17, 15) is 4.79 Å². The molecule has 0 aliphatic carbocycles. The molecule has 1 aliphatic rings. The van der Waals surface area contributed by atoms with Gasteiger partial charge in [-0.25, -0.2) is 4.98 Å². The number of pyridine rings is 1. The van der Waals surface area contributed by atoms with Crippen molar-refractivity contribution in [1.29, 1.82) is 0 Å². The summed E-state index contributed by atoms with van der Waals surface area (Å²) in [6.07, 6.45) is 3.47. The van der Waals surface area contributed by atoms with Crippen LogP contribution in [0.3, 0.4) is 0 Å². The zero-order valence-corrected chi connectivity index (χ0v) is 15.0. The van der Waals surface area contributed by atoms with Crippen molar-refractivity contribution < 1.29 is 9.53 Å². The fraction of sp³-hybridized carbons (Fsp3) is 0.471. The Bertz CT molecular complexity index is 704. The molecule has 24 heavy (non-hydrogen) atoms. The highest BCUT2D eigenvalue weighted by Gasteiger charge is 2.31. The first-order valence-corrected chi connectivity index (χ1v) is 8.85. The van der Waals surface area contributed by atoms with Gasteiger partial charge in [-0.05, 0) is 25.5 Å². The first-order chi connectivity index (χ1) is 11.6. The minimum atomic E-state index is -0.104. The molecule has 0 radical (unpaired) electrons. The number of rotatable bonds is 4. The molecule has 1 fully saturated rings. The SMILES string of the molecule is COC(C)c1nc(C)c(C(=O)N2CCNCC2c2cccnc2)s1. The molecule has 0 spiro atoms. The number of thiazole rings is 1. The molecule has 1 saturated heterocycles. The summed E-state index contributed by atoms with van der Waals surface area (Å²) in [6, 6.07) is 3.91. The van der Waals surface area contributed by atoms with Crippen molar-refractivity contribution in [3.63, 3.8) is 0 Å². The van der Waals surface area contributed by atoms with Crippen LogP contribution in [-0.4, -0.2) is 47.5 Å². The molecule has 0 aromatic carbocycles. The average molecular weight is 346 g/mol. The molecular formula is C17H22N4O2S. The maximum Gasteiger partial charge on any atom is 0.266 e. The van der Waals surface area contributed by atoms with E-state index < -0.39 is 0 Å². The summed E-state index contributed by atoms with van der Waals surface area (Å²) in [5.41, 5.74) is 1.82. The van der Waals surface area contributed by atoms with E-state index in [0.717, 1.165) is 29.4 Å². The molecule has 0 bridgehead atoms. The smallest absolute Gasteiger partial charge is 0.266 e. The van der Waals surface area contributed by atoms with E-state index in [1.54, 1.807) is 13.3 Å². The second-order valence-electron chi connectivity index (χ2n) is 5.85. The van der Waals surface area contributed by atoms with Gasteiger partial charge in [0, 0.05) is 39.1 Å². The lowest BCUT2D eigenvalue weighted by Crippen LogP contribution is -2.48. The molecule has 1 amide bonds. The van der Waals surface area contributed by atoms with Crippen LogP contribution < -0.4 is 5.32 Å². The van der Waals surface area contributed by atoms with Gasteiger partial charge in [0.25, 0.3) is 5.91 Å². The zero-order valence-electron chi connectivity index (χ0n) is 14.2. The number of nitrogens with one attached hydrogen (secondary N) is 1. The van der Waals surface area contributed by atoms with Crippen molar-refractivity contribution in [3.05, 3.63) is 45.7 Å². The minimum Gasteiger partial charge on any atom is -0.375 e. The zero-order chi connectivity index (χ0) is 17.1. The summed E-state index contributed by atoms with van der Waals surface area (Å²) >= 11 is 1.43. The summed E-state index contributed by atoms with van der Waals surface area (Å²) < 4.78 is 5.32. The summed E-state index contributed by atoms with van der Waals surface area (Å²) in [5.74, 6) is 0.0370. The van der Waals surface area contributed by atoms with Crippen molar-refractivity contribution in [3.8, 4) is 0 Å². The highest BCUT2D eigenvalue weighted by molar-refractivity contribution is 7.13. The third-order valence-electron chi connectivity index (χ3n) is 4.28. The van der Waals surface area contributed by atoms with Gasteiger partial charge in [-0.15, -0.1) is 11.3 Å². The summed E-state index contributed by atoms with van der Waals surface area (Å²) in [5, 5.41) is 4.20. The van der Waals surface area contributed by atoms with Gasteiger partial charge in [-0.1, -0.05) is 6.07 Å².